The molecule has 0 fully saturated rings. The minimum Gasteiger partial charge on any atom is -0.769 e. The van der Waals surface area contributed by atoms with E-state index in [1.165, 1.54) is 13.0 Å². The number of amides is 1. The fourth-order valence-electron chi connectivity index (χ4n) is 1.62. The Balaban J connectivity index is 3.24. The molecule has 8 nitrogen and oxygen atoms in total. The van der Waals surface area contributed by atoms with Gasteiger partial charge in [-0.3, -0.25) is 15.2 Å². The monoisotopic (exact) mass is 283 g/mol. The van der Waals surface area contributed by atoms with Gasteiger partial charge in [-0.25, -0.2) is 0 Å². The van der Waals surface area contributed by atoms with Crippen molar-refractivity contribution in [2.24, 2.45) is 0 Å². The molecule has 0 radical (unpaired) electrons. The van der Waals surface area contributed by atoms with Gasteiger partial charge in [0.05, 0.1) is 5.69 Å². The van der Waals surface area contributed by atoms with E-state index in [1.54, 1.807) is 6.92 Å². The second-order valence-corrected chi connectivity index (χ2v) is 4.47. The summed E-state index contributed by atoms with van der Waals surface area (Å²) in [6.07, 6.45) is 0.707. The molecule has 112 valence electrons. The number of benzene rings is 1. The molecule has 0 saturated carbocycles. The topological polar surface area (TPSA) is 122 Å². The van der Waals surface area contributed by atoms with Gasteiger partial charge >= 0.3 is 0 Å². The highest BCUT2D eigenvalue weighted by Crippen LogP contribution is 2.29. The summed E-state index contributed by atoms with van der Waals surface area (Å²) in [5.41, 5.74) is -0.524. The number of anilines is 2. The molecule has 0 aromatic heterocycles. The van der Waals surface area contributed by atoms with E-state index in [0.717, 1.165) is 6.07 Å². The third kappa shape index (κ3) is 3.58. The number of nitrogens with one attached hydrogen (secondary N) is 1. The van der Waals surface area contributed by atoms with Crippen LogP contribution in [0.1, 0.15) is 36.2 Å². The average molecular weight is 283 g/mol. The zero-order valence-electron chi connectivity index (χ0n) is 11.5. The number of hydrogen-bond donors (Lipinski definition) is 3. The number of nitrogens with zero attached hydrogens (tertiary/aromatic N) is 2. The molecule has 1 atom stereocenters. The lowest BCUT2D eigenvalue weighted by Crippen LogP contribution is -2.32. The van der Waals surface area contributed by atoms with Crippen LogP contribution in [-0.2, 0) is 0 Å². The maximum Gasteiger partial charge on any atom is 0.251 e. The smallest absolute Gasteiger partial charge is 0.251 e. The van der Waals surface area contributed by atoms with Crippen LogP contribution in [0, 0.1) is 17.3 Å². The third-order valence-electron chi connectivity index (χ3n) is 3.02. The van der Waals surface area contributed by atoms with Gasteiger partial charge in [0.1, 0.15) is 0 Å². The lowest BCUT2D eigenvalue weighted by Gasteiger charge is -2.39. The molecule has 0 spiro atoms. The van der Waals surface area contributed by atoms with E-state index in [2.05, 4.69) is 5.32 Å². The van der Waals surface area contributed by atoms with Crippen molar-refractivity contribution in [1.82, 2.24) is 5.32 Å². The predicted octanol–water partition coefficient (Wildman–Crippen LogP) is 1.91. The summed E-state index contributed by atoms with van der Waals surface area (Å²) in [7, 11) is 0. The number of carbonyl (C=O) groups is 1. The fourth-order valence-corrected chi connectivity index (χ4v) is 1.62. The van der Waals surface area contributed by atoms with Gasteiger partial charge in [-0.1, -0.05) is 6.92 Å². The van der Waals surface area contributed by atoms with Crippen LogP contribution in [0.4, 0.5) is 11.4 Å². The van der Waals surface area contributed by atoms with E-state index in [0.29, 0.717) is 6.42 Å². The van der Waals surface area contributed by atoms with E-state index in [1.807, 2.05) is 6.92 Å². The van der Waals surface area contributed by atoms with Crippen LogP contribution < -0.4 is 15.8 Å². The summed E-state index contributed by atoms with van der Waals surface area (Å²) in [5.74, 6) is -0.509. The third-order valence-corrected chi connectivity index (χ3v) is 3.02. The van der Waals surface area contributed by atoms with Gasteiger partial charge in [0.25, 0.3) is 5.91 Å². The van der Waals surface area contributed by atoms with Crippen LogP contribution in [0.5, 0.6) is 0 Å². The van der Waals surface area contributed by atoms with E-state index in [9.17, 15) is 15.2 Å². The van der Waals surface area contributed by atoms with Crippen molar-refractivity contribution >= 4 is 17.3 Å². The largest absolute Gasteiger partial charge is 0.769 e. The van der Waals surface area contributed by atoms with Gasteiger partial charge in [0.2, 0.25) is 0 Å². The number of hydrogen-bond acceptors (Lipinski definition) is 7. The molecular formula is C12H17N3O5-2. The van der Waals surface area contributed by atoms with E-state index >= 15 is 0 Å². The number of carbonyl (C=O) groups excluding carboxylic acids is 1. The molecule has 8 heteroatoms. The second-order valence-electron chi connectivity index (χ2n) is 4.47. The summed E-state index contributed by atoms with van der Waals surface area (Å²) in [6.45, 7) is 5.05. The van der Waals surface area contributed by atoms with E-state index in [-0.39, 0.29) is 33.8 Å². The molecule has 1 amide bonds. The van der Waals surface area contributed by atoms with Crippen molar-refractivity contribution < 1.29 is 15.2 Å². The molecule has 0 aliphatic heterocycles. The Bertz CT molecular complexity index is 461. The molecule has 3 N–H and O–H groups in total. The minimum atomic E-state index is -0.678. The van der Waals surface area contributed by atoms with Crippen molar-refractivity contribution in [3.05, 3.63) is 33.7 Å². The first-order valence-electron chi connectivity index (χ1n) is 6.05. The predicted molar refractivity (Wildman–Crippen MR) is 73.7 cm³/mol. The Labute approximate surface area is 116 Å². The quantitative estimate of drug-likeness (QED) is 0.705. The maximum atomic E-state index is 12.0. The zero-order chi connectivity index (χ0) is 15.4. The average Bonchev–Trinajstić information content (AvgIpc) is 2.37. The van der Waals surface area contributed by atoms with Gasteiger partial charge in [-0.15, -0.1) is 5.23 Å². The highest BCUT2D eigenvalue weighted by molar-refractivity contribution is 5.97. The van der Waals surface area contributed by atoms with E-state index in [4.69, 9.17) is 10.4 Å². The van der Waals surface area contributed by atoms with Gasteiger partial charge in [0, 0.05) is 17.3 Å². The molecular weight excluding hydrogens is 266 g/mol. The SMILES string of the molecule is CCC(C)NC(=O)c1cc(N([O-])[O-])c(C)c(N(O)O)c1. The van der Waals surface area contributed by atoms with E-state index < -0.39 is 11.1 Å². The molecule has 0 saturated heterocycles. The van der Waals surface area contributed by atoms with Crippen molar-refractivity contribution in [2.75, 3.05) is 10.5 Å². The van der Waals surface area contributed by atoms with Gasteiger partial charge in [0.15, 0.2) is 0 Å². The van der Waals surface area contributed by atoms with Crippen molar-refractivity contribution in [3.8, 4) is 0 Å². The van der Waals surface area contributed by atoms with Crippen LogP contribution >= 0.6 is 0 Å². The first kappa shape index (κ1) is 16.2. The Hall–Kier alpha value is -1.87. The second kappa shape index (κ2) is 6.53. The van der Waals surface area contributed by atoms with Crippen molar-refractivity contribution in [2.45, 2.75) is 33.2 Å². The molecule has 1 aromatic rings. The van der Waals surface area contributed by atoms with Crippen LogP contribution in [0.2, 0.25) is 0 Å². The summed E-state index contributed by atoms with van der Waals surface area (Å²) >= 11 is 0. The lowest BCUT2D eigenvalue weighted by molar-refractivity contribution is 0.0288. The summed E-state index contributed by atoms with van der Waals surface area (Å²) in [5, 5.41) is 41.8. The molecule has 0 bridgehead atoms. The molecule has 0 aliphatic carbocycles. The highest BCUT2D eigenvalue weighted by Gasteiger charge is 2.15. The van der Waals surface area contributed by atoms with Crippen LogP contribution in [-0.4, -0.2) is 22.4 Å². The molecule has 0 heterocycles. The van der Waals surface area contributed by atoms with Gasteiger partial charge < -0.3 is 21.0 Å². The zero-order valence-corrected chi connectivity index (χ0v) is 11.5. The molecule has 0 aliphatic rings. The first-order valence-corrected chi connectivity index (χ1v) is 6.05. The molecule has 1 rings (SSSR count). The maximum absolute atomic E-state index is 12.0. The van der Waals surface area contributed by atoms with Crippen molar-refractivity contribution in [3.63, 3.8) is 0 Å². The Morgan fingerprint density at radius 2 is 1.90 bits per heavy atom. The summed E-state index contributed by atoms with van der Waals surface area (Å²) in [4.78, 5) is 12.0. The molecule has 1 aromatic carbocycles. The summed E-state index contributed by atoms with van der Waals surface area (Å²) < 4.78 is 0. The summed E-state index contributed by atoms with van der Waals surface area (Å²) in [6, 6.07) is 2.20. The fraction of sp³-hybridized carbons (Fsp3) is 0.417. The normalized spacial score (nSPS) is 11.9. The van der Waals surface area contributed by atoms with Crippen LogP contribution in [0.15, 0.2) is 12.1 Å². The lowest BCUT2D eigenvalue weighted by atomic mass is 10.1. The van der Waals surface area contributed by atoms with Gasteiger partial charge in [-0.2, -0.15) is 0 Å². The standard InChI is InChI=1S/C12H17N3O5/c1-4-7(2)13-12(16)9-5-10(14(17)18)8(3)11(6-9)15(19)20/h5-7,17-18H,4H2,1-3H3,(H,13,16)/q-2. The Morgan fingerprint density at radius 3 is 2.35 bits per heavy atom. The van der Waals surface area contributed by atoms with Crippen LogP contribution in [0.3, 0.4) is 0 Å². The highest BCUT2D eigenvalue weighted by atomic mass is 16.8. The first-order chi connectivity index (χ1) is 9.27. The Kier molecular flexibility index (Phi) is 5.28. The van der Waals surface area contributed by atoms with Crippen LogP contribution in [0.25, 0.3) is 0 Å². The molecule has 20 heavy (non-hydrogen) atoms. The number of rotatable bonds is 5. The Morgan fingerprint density at radius 1 is 1.35 bits per heavy atom. The molecule has 1 unspecified atom stereocenters. The minimum absolute atomic E-state index is 0.00861. The van der Waals surface area contributed by atoms with Crippen molar-refractivity contribution in [1.29, 1.82) is 0 Å². The van der Waals surface area contributed by atoms with Gasteiger partial charge in [-0.05, 0) is 38.0 Å².